The monoisotopic (exact) mass is 359 g/mol. The molecule has 2 fully saturated rings. The predicted octanol–water partition coefficient (Wildman–Crippen LogP) is 4.37. The molecule has 4 rings (SSSR count). The topological polar surface area (TPSA) is 41.2 Å². The number of aromatic nitrogens is 2. The van der Waals surface area contributed by atoms with Crippen molar-refractivity contribution in [3.8, 4) is 0 Å². The van der Waals surface area contributed by atoms with Gasteiger partial charge in [0.15, 0.2) is 0 Å². The molecule has 1 aromatic carbocycles. The summed E-state index contributed by atoms with van der Waals surface area (Å²) in [6.07, 6.45) is 8.74. The Bertz CT molecular complexity index is 679. The molecule has 5 heteroatoms. The van der Waals surface area contributed by atoms with Crippen molar-refractivity contribution < 1.29 is 4.74 Å². The highest BCUT2D eigenvalue weighted by Crippen LogP contribution is 2.27. The Morgan fingerprint density at radius 2 is 2.00 bits per heavy atom. The molecule has 1 aliphatic carbocycles. The van der Waals surface area contributed by atoms with Gasteiger partial charge in [-0.15, -0.1) is 0 Å². The zero-order valence-electron chi connectivity index (χ0n) is 14.6. The van der Waals surface area contributed by atoms with E-state index in [-0.39, 0.29) is 6.10 Å². The molecule has 1 atom stereocenters. The number of H-pyrrole nitrogens is 1. The van der Waals surface area contributed by atoms with Crippen LogP contribution in [0.4, 0.5) is 0 Å². The van der Waals surface area contributed by atoms with Gasteiger partial charge in [0.25, 0.3) is 0 Å². The second-order valence-corrected chi connectivity index (χ2v) is 7.79. The summed E-state index contributed by atoms with van der Waals surface area (Å²) in [7, 11) is 0. The van der Waals surface area contributed by atoms with Gasteiger partial charge in [-0.25, -0.2) is 4.98 Å². The van der Waals surface area contributed by atoms with Crippen molar-refractivity contribution in [2.75, 3.05) is 19.7 Å². The fourth-order valence-electron chi connectivity index (χ4n) is 4.04. The molecule has 0 amide bonds. The molecule has 0 radical (unpaired) electrons. The van der Waals surface area contributed by atoms with E-state index in [2.05, 4.69) is 27.0 Å². The molecule has 0 bridgehead atoms. The van der Waals surface area contributed by atoms with Crippen LogP contribution in [0.15, 0.2) is 30.5 Å². The van der Waals surface area contributed by atoms with Crippen LogP contribution in [0, 0.1) is 5.92 Å². The zero-order valence-corrected chi connectivity index (χ0v) is 15.3. The standard InChI is InChI=1S/C20H26ClN3O/c21-17-7-5-16(6-8-17)19-14-24(9-10-25-19)13-18-12-22-20(23-18)11-15-3-1-2-4-15/h5-8,12,15,19H,1-4,9-11,13-14H2,(H,22,23)/t19-/m0/s1. The van der Waals surface area contributed by atoms with Crippen molar-refractivity contribution >= 4 is 11.6 Å². The number of morpholine rings is 1. The Hall–Kier alpha value is -1.36. The predicted molar refractivity (Wildman–Crippen MR) is 99.7 cm³/mol. The van der Waals surface area contributed by atoms with Crippen molar-refractivity contribution in [3.63, 3.8) is 0 Å². The number of imidazole rings is 1. The number of nitrogens with zero attached hydrogens (tertiary/aromatic N) is 2. The lowest BCUT2D eigenvalue weighted by Crippen LogP contribution is -2.37. The third kappa shape index (κ3) is 4.43. The van der Waals surface area contributed by atoms with Crippen LogP contribution in [-0.4, -0.2) is 34.6 Å². The lowest BCUT2D eigenvalue weighted by Gasteiger charge is -2.32. The highest BCUT2D eigenvalue weighted by atomic mass is 35.5. The maximum Gasteiger partial charge on any atom is 0.106 e. The summed E-state index contributed by atoms with van der Waals surface area (Å²) in [4.78, 5) is 10.6. The molecule has 4 nitrogen and oxygen atoms in total. The number of halogens is 1. The minimum Gasteiger partial charge on any atom is -0.371 e. The number of hydrogen-bond acceptors (Lipinski definition) is 3. The van der Waals surface area contributed by atoms with Crippen LogP contribution >= 0.6 is 11.6 Å². The van der Waals surface area contributed by atoms with Gasteiger partial charge in [0.05, 0.1) is 12.7 Å². The molecule has 1 saturated carbocycles. The van der Waals surface area contributed by atoms with Crippen LogP contribution in [0.5, 0.6) is 0 Å². The van der Waals surface area contributed by atoms with Crippen LogP contribution in [0.25, 0.3) is 0 Å². The van der Waals surface area contributed by atoms with Gasteiger partial charge < -0.3 is 9.72 Å². The van der Waals surface area contributed by atoms with Crippen molar-refractivity contribution in [1.82, 2.24) is 14.9 Å². The van der Waals surface area contributed by atoms with Crippen molar-refractivity contribution in [1.29, 1.82) is 0 Å². The Balaban J connectivity index is 1.34. The normalized spacial score (nSPS) is 22.5. The van der Waals surface area contributed by atoms with E-state index >= 15 is 0 Å². The van der Waals surface area contributed by atoms with Crippen LogP contribution in [-0.2, 0) is 17.7 Å². The minimum atomic E-state index is 0.117. The van der Waals surface area contributed by atoms with Crippen molar-refractivity contribution in [2.24, 2.45) is 5.92 Å². The Kier molecular flexibility index (Phi) is 5.39. The summed E-state index contributed by atoms with van der Waals surface area (Å²) in [5.74, 6) is 1.99. The molecule has 134 valence electrons. The molecule has 1 saturated heterocycles. The van der Waals surface area contributed by atoms with Gasteiger partial charge in [-0.1, -0.05) is 49.4 Å². The molecule has 0 spiro atoms. The first-order chi connectivity index (χ1) is 12.3. The molecule has 2 heterocycles. The molecule has 25 heavy (non-hydrogen) atoms. The van der Waals surface area contributed by atoms with Gasteiger partial charge in [-0.05, 0) is 23.6 Å². The second-order valence-electron chi connectivity index (χ2n) is 7.36. The Morgan fingerprint density at radius 1 is 1.20 bits per heavy atom. The van der Waals surface area contributed by atoms with E-state index in [1.807, 2.05) is 18.3 Å². The maximum atomic E-state index is 5.99. The summed E-state index contributed by atoms with van der Waals surface area (Å²) < 4.78 is 5.96. The Morgan fingerprint density at radius 3 is 2.80 bits per heavy atom. The minimum absolute atomic E-state index is 0.117. The molecule has 2 aliphatic rings. The van der Waals surface area contributed by atoms with Crippen LogP contribution in [0.2, 0.25) is 5.02 Å². The largest absolute Gasteiger partial charge is 0.371 e. The number of ether oxygens (including phenoxy) is 1. The number of aromatic amines is 1. The third-order valence-corrected chi connectivity index (χ3v) is 5.68. The molecular weight excluding hydrogens is 334 g/mol. The summed E-state index contributed by atoms with van der Waals surface area (Å²) in [6, 6.07) is 7.99. The first kappa shape index (κ1) is 17.1. The van der Waals surface area contributed by atoms with E-state index < -0.39 is 0 Å². The van der Waals surface area contributed by atoms with Gasteiger partial charge in [-0.3, -0.25) is 4.90 Å². The molecule has 1 aliphatic heterocycles. The molecule has 2 aromatic rings. The molecule has 1 N–H and O–H groups in total. The van der Waals surface area contributed by atoms with Gasteiger partial charge >= 0.3 is 0 Å². The lowest BCUT2D eigenvalue weighted by molar-refractivity contribution is -0.0332. The SMILES string of the molecule is Clc1ccc([C@@H]2CN(Cc3cnc(CC4CCCC4)[nH]3)CCO2)cc1. The van der Waals surface area contributed by atoms with E-state index in [9.17, 15) is 0 Å². The summed E-state index contributed by atoms with van der Waals surface area (Å²) in [5, 5.41) is 0.767. The van der Waals surface area contributed by atoms with Crippen molar-refractivity contribution in [2.45, 2.75) is 44.8 Å². The van der Waals surface area contributed by atoms with Gasteiger partial charge in [0.1, 0.15) is 5.82 Å². The fraction of sp³-hybridized carbons (Fsp3) is 0.550. The first-order valence-electron chi connectivity index (χ1n) is 9.38. The maximum absolute atomic E-state index is 5.99. The van der Waals surface area contributed by atoms with Crippen LogP contribution < -0.4 is 0 Å². The van der Waals surface area contributed by atoms with Crippen molar-refractivity contribution in [3.05, 3.63) is 52.6 Å². The zero-order chi connectivity index (χ0) is 17.1. The van der Waals surface area contributed by atoms with E-state index in [0.717, 1.165) is 49.4 Å². The van der Waals surface area contributed by atoms with E-state index in [1.165, 1.54) is 36.9 Å². The number of benzene rings is 1. The average molecular weight is 360 g/mol. The number of hydrogen-bond donors (Lipinski definition) is 1. The van der Waals surface area contributed by atoms with Gasteiger partial charge in [0.2, 0.25) is 0 Å². The quantitative estimate of drug-likeness (QED) is 0.861. The summed E-state index contributed by atoms with van der Waals surface area (Å²) >= 11 is 5.99. The highest BCUT2D eigenvalue weighted by molar-refractivity contribution is 6.30. The fourth-order valence-corrected chi connectivity index (χ4v) is 4.17. The summed E-state index contributed by atoms with van der Waals surface area (Å²) in [5.41, 5.74) is 2.41. The van der Waals surface area contributed by atoms with E-state index in [1.54, 1.807) is 0 Å². The number of nitrogens with one attached hydrogen (secondary N) is 1. The highest BCUT2D eigenvalue weighted by Gasteiger charge is 2.23. The Labute approximate surface area is 154 Å². The third-order valence-electron chi connectivity index (χ3n) is 5.42. The molecular formula is C20H26ClN3O. The van der Waals surface area contributed by atoms with Gasteiger partial charge in [0, 0.05) is 43.0 Å². The van der Waals surface area contributed by atoms with Crippen LogP contribution in [0.1, 0.15) is 48.9 Å². The smallest absolute Gasteiger partial charge is 0.106 e. The van der Waals surface area contributed by atoms with E-state index in [4.69, 9.17) is 16.3 Å². The van der Waals surface area contributed by atoms with Gasteiger partial charge in [-0.2, -0.15) is 0 Å². The van der Waals surface area contributed by atoms with E-state index in [0.29, 0.717) is 0 Å². The first-order valence-corrected chi connectivity index (χ1v) is 9.76. The number of rotatable bonds is 5. The summed E-state index contributed by atoms with van der Waals surface area (Å²) in [6.45, 7) is 3.53. The lowest BCUT2D eigenvalue weighted by atomic mass is 10.0. The van der Waals surface area contributed by atoms with Crippen LogP contribution in [0.3, 0.4) is 0 Å². The molecule has 1 aromatic heterocycles. The average Bonchev–Trinajstić information content (AvgIpc) is 3.28. The second kappa shape index (κ2) is 7.90. The molecule has 0 unspecified atom stereocenters.